The lowest BCUT2D eigenvalue weighted by Gasteiger charge is -2.43. The lowest BCUT2D eigenvalue weighted by molar-refractivity contribution is -0.242. The zero-order valence-corrected chi connectivity index (χ0v) is 28.3. The molecular weight excluding hydrogens is 511 g/mol. The first kappa shape index (κ1) is 38.1. The third kappa shape index (κ3) is 20.0. The van der Waals surface area contributed by atoms with Crippen LogP contribution in [0.4, 0.5) is 0 Å². The van der Waals surface area contributed by atoms with Gasteiger partial charge >= 0.3 is 0 Å². The molecule has 1 fully saturated rings. The highest BCUT2D eigenvalue weighted by molar-refractivity contribution is 7.09. The normalized spacial score (nSPS) is 21.5. The maximum absolute atomic E-state index is 8.51. The SMILES string of the molecule is CCCCCCC1CCC(CCCCCCCCOO)C(C=CCCCCCCCCOP)C1CCCCCC. The van der Waals surface area contributed by atoms with Gasteiger partial charge in [-0.15, -0.1) is 0 Å². The molecule has 5 atom stereocenters. The fraction of sp³-hybridized carbons (Fsp3) is 0.944. The summed E-state index contributed by atoms with van der Waals surface area (Å²) in [6.07, 6.45) is 40.8. The van der Waals surface area contributed by atoms with Crippen molar-refractivity contribution in [3.05, 3.63) is 12.2 Å². The quantitative estimate of drug-likeness (QED) is 0.0313. The van der Waals surface area contributed by atoms with Crippen molar-refractivity contribution in [3.63, 3.8) is 0 Å². The van der Waals surface area contributed by atoms with E-state index in [1.807, 2.05) is 0 Å². The van der Waals surface area contributed by atoms with Crippen molar-refractivity contribution in [2.45, 2.75) is 181 Å². The van der Waals surface area contributed by atoms with E-state index >= 15 is 0 Å². The highest BCUT2D eigenvalue weighted by Gasteiger charge is 2.36. The Morgan fingerprint density at radius 1 is 0.600 bits per heavy atom. The molecule has 0 aliphatic heterocycles. The van der Waals surface area contributed by atoms with E-state index in [1.165, 1.54) is 161 Å². The maximum Gasteiger partial charge on any atom is 0.0819 e. The molecule has 4 heteroatoms. The summed E-state index contributed by atoms with van der Waals surface area (Å²) in [6, 6.07) is 0. The standard InChI is InChI=1S/C36H71O3P/c1-3-5-7-19-25-33-29-30-34(26-20-15-12-14-17-23-31-38-37)36(35(33)27-21-8-6-4-2)28-22-16-11-9-10-13-18-24-32-39-40/h22,28,33-37H,3-21,23-27,29-32,40H2,1-2H3. The van der Waals surface area contributed by atoms with Gasteiger partial charge in [0, 0.05) is 9.47 Å². The predicted molar refractivity (Wildman–Crippen MR) is 179 cm³/mol. The van der Waals surface area contributed by atoms with Crippen molar-refractivity contribution in [1.82, 2.24) is 0 Å². The maximum atomic E-state index is 8.51. The lowest BCUT2D eigenvalue weighted by atomic mass is 9.62. The summed E-state index contributed by atoms with van der Waals surface area (Å²) in [5, 5.41) is 8.51. The van der Waals surface area contributed by atoms with Crippen LogP contribution in [0.15, 0.2) is 12.2 Å². The molecule has 0 radical (unpaired) electrons. The molecule has 5 unspecified atom stereocenters. The van der Waals surface area contributed by atoms with Crippen LogP contribution in [-0.2, 0) is 9.41 Å². The van der Waals surface area contributed by atoms with Crippen LogP contribution < -0.4 is 0 Å². The molecule has 0 spiro atoms. The van der Waals surface area contributed by atoms with Gasteiger partial charge in [-0.05, 0) is 75.0 Å². The second kappa shape index (κ2) is 29.1. The Hall–Kier alpha value is 0.0500. The van der Waals surface area contributed by atoms with Gasteiger partial charge in [0.15, 0.2) is 0 Å². The number of unbranched alkanes of at least 4 members (excludes halogenated alkanes) is 17. The Kier molecular flexibility index (Phi) is 27.7. The van der Waals surface area contributed by atoms with Crippen LogP contribution in [0.1, 0.15) is 181 Å². The molecule has 0 bridgehead atoms. The summed E-state index contributed by atoms with van der Waals surface area (Å²) in [5.74, 6) is 3.61. The van der Waals surface area contributed by atoms with Crippen molar-refractivity contribution in [2.24, 2.45) is 23.7 Å². The van der Waals surface area contributed by atoms with E-state index in [2.05, 4.69) is 40.4 Å². The monoisotopic (exact) mass is 583 g/mol. The van der Waals surface area contributed by atoms with Crippen LogP contribution in [0.3, 0.4) is 0 Å². The lowest BCUT2D eigenvalue weighted by Crippen LogP contribution is -2.34. The van der Waals surface area contributed by atoms with Crippen LogP contribution >= 0.6 is 9.47 Å². The Morgan fingerprint density at radius 3 is 1.73 bits per heavy atom. The second-order valence-corrected chi connectivity index (χ2v) is 13.3. The Bertz CT molecular complexity index is 540. The molecule has 3 nitrogen and oxygen atoms in total. The van der Waals surface area contributed by atoms with E-state index in [4.69, 9.17) is 9.78 Å². The van der Waals surface area contributed by atoms with Crippen molar-refractivity contribution >= 4 is 9.47 Å². The van der Waals surface area contributed by atoms with Crippen LogP contribution in [0.5, 0.6) is 0 Å². The predicted octanol–water partition coefficient (Wildman–Crippen LogP) is 12.5. The number of allylic oxidation sites excluding steroid dienone is 2. The van der Waals surface area contributed by atoms with E-state index in [0.717, 1.165) is 36.7 Å². The summed E-state index contributed by atoms with van der Waals surface area (Å²) >= 11 is 0. The van der Waals surface area contributed by atoms with Crippen molar-refractivity contribution in [2.75, 3.05) is 13.2 Å². The van der Waals surface area contributed by atoms with E-state index in [0.29, 0.717) is 6.61 Å². The fourth-order valence-electron chi connectivity index (χ4n) is 7.25. The van der Waals surface area contributed by atoms with Gasteiger partial charge in [0.25, 0.3) is 0 Å². The van der Waals surface area contributed by atoms with Gasteiger partial charge < -0.3 is 4.52 Å². The minimum absolute atomic E-state index is 0.489. The van der Waals surface area contributed by atoms with Gasteiger partial charge in [0.05, 0.1) is 13.2 Å². The van der Waals surface area contributed by atoms with Crippen LogP contribution in [-0.4, -0.2) is 18.5 Å². The van der Waals surface area contributed by atoms with Gasteiger partial charge in [0.2, 0.25) is 0 Å². The largest absolute Gasteiger partial charge is 0.366 e. The second-order valence-electron chi connectivity index (χ2n) is 13.0. The van der Waals surface area contributed by atoms with Crippen LogP contribution in [0.2, 0.25) is 0 Å². The first-order chi connectivity index (χ1) is 19.8. The van der Waals surface area contributed by atoms with Gasteiger partial charge in [-0.3, -0.25) is 5.26 Å². The molecule has 1 aliphatic rings. The van der Waals surface area contributed by atoms with E-state index < -0.39 is 0 Å². The third-order valence-corrected chi connectivity index (χ3v) is 9.91. The number of hydrogen-bond acceptors (Lipinski definition) is 3. The summed E-state index contributed by atoms with van der Waals surface area (Å²) in [4.78, 5) is 4.22. The minimum Gasteiger partial charge on any atom is -0.366 e. The molecule has 40 heavy (non-hydrogen) atoms. The first-order valence-corrected chi connectivity index (χ1v) is 18.5. The first-order valence-electron chi connectivity index (χ1n) is 18.0. The van der Waals surface area contributed by atoms with Crippen LogP contribution in [0.25, 0.3) is 0 Å². The minimum atomic E-state index is 0.489. The Labute approximate surface area is 253 Å². The summed E-state index contributed by atoms with van der Waals surface area (Å²) in [6.45, 7) is 6.06. The molecule has 1 rings (SSSR count). The van der Waals surface area contributed by atoms with Crippen molar-refractivity contribution in [1.29, 1.82) is 0 Å². The molecule has 0 amide bonds. The zero-order valence-electron chi connectivity index (χ0n) is 27.1. The molecule has 0 aromatic carbocycles. The highest BCUT2D eigenvalue weighted by atomic mass is 31.0. The molecule has 0 saturated heterocycles. The topological polar surface area (TPSA) is 38.7 Å². The number of hydrogen-bond donors (Lipinski definition) is 1. The molecule has 1 N–H and O–H groups in total. The molecule has 238 valence electrons. The third-order valence-electron chi connectivity index (χ3n) is 9.67. The van der Waals surface area contributed by atoms with Gasteiger partial charge in [-0.2, -0.15) is 0 Å². The molecule has 1 aliphatic carbocycles. The molecule has 0 heterocycles. The van der Waals surface area contributed by atoms with E-state index in [1.54, 1.807) is 0 Å². The fourth-order valence-corrected chi connectivity index (χ4v) is 7.42. The summed E-state index contributed by atoms with van der Waals surface area (Å²) in [7, 11) is 2.37. The van der Waals surface area contributed by atoms with Crippen molar-refractivity contribution < 1.29 is 14.7 Å². The Balaban J connectivity index is 2.68. The molecule has 0 aromatic rings. The number of rotatable bonds is 29. The van der Waals surface area contributed by atoms with Gasteiger partial charge in [-0.25, -0.2) is 4.89 Å². The van der Waals surface area contributed by atoms with Gasteiger partial charge in [0.1, 0.15) is 0 Å². The highest BCUT2D eigenvalue weighted by Crippen LogP contribution is 2.46. The average molecular weight is 583 g/mol. The smallest absolute Gasteiger partial charge is 0.0819 e. The average Bonchev–Trinajstić information content (AvgIpc) is 2.97. The van der Waals surface area contributed by atoms with Gasteiger partial charge in [-0.1, -0.05) is 142 Å². The van der Waals surface area contributed by atoms with E-state index in [9.17, 15) is 0 Å². The molecule has 0 aromatic heterocycles. The zero-order chi connectivity index (χ0) is 28.9. The molecular formula is C36H71O3P. The van der Waals surface area contributed by atoms with E-state index in [-0.39, 0.29) is 0 Å². The molecule has 1 saturated carbocycles. The van der Waals surface area contributed by atoms with Crippen LogP contribution in [0, 0.1) is 23.7 Å². The summed E-state index contributed by atoms with van der Waals surface area (Å²) < 4.78 is 5.10. The summed E-state index contributed by atoms with van der Waals surface area (Å²) in [5.41, 5.74) is 0. The Morgan fingerprint density at radius 2 is 1.10 bits per heavy atom. The van der Waals surface area contributed by atoms with Crippen molar-refractivity contribution in [3.8, 4) is 0 Å².